The maximum Gasteiger partial charge on any atom is 0.235 e. The van der Waals surface area contributed by atoms with Crippen molar-refractivity contribution < 1.29 is 4.79 Å². The van der Waals surface area contributed by atoms with Crippen LogP contribution in [0.3, 0.4) is 0 Å². The smallest absolute Gasteiger partial charge is 0.235 e. The van der Waals surface area contributed by atoms with Gasteiger partial charge < -0.3 is 9.80 Å². The van der Waals surface area contributed by atoms with Gasteiger partial charge in [0.05, 0.1) is 5.25 Å². The van der Waals surface area contributed by atoms with Crippen molar-refractivity contribution in [2.24, 2.45) is 5.92 Å². The fraction of sp³-hybridized carbons (Fsp3) is 0.857. The monoisotopic (exact) mass is 405 g/mol. The largest absolute Gasteiger partial charge is 0.342 e. The highest BCUT2D eigenvalue weighted by molar-refractivity contribution is 8.00. The minimum absolute atomic E-state index is 0.122. The molecule has 28 heavy (non-hydrogen) atoms. The molecule has 2 aliphatic carbocycles. The summed E-state index contributed by atoms with van der Waals surface area (Å²) in [7, 11) is 1.99. The van der Waals surface area contributed by atoms with E-state index in [-0.39, 0.29) is 11.2 Å². The second-order valence-corrected chi connectivity index (χ2v) is 10.4. The molecule has 1 aromatic rings. The van der Waals surface area contributed by atoms with Gasteiger partial charge in [-0.2, -0.15) is 0 Å². The first-order chi connectivity index (χ1) is 13.5. The lowest BCUT2D eigenvalue weighted by Gasteiger charge is -2.33. The average Bonchev–Trinajstić information content (AvgIpc) is 3.48. The molecule has 0 radical (unpaired) electrons. The van der Waals surface area contributed by atoms with Crippen LogP contribution in [0, 0.1) is 5.92 Å². The highest BCUT2D eigenvalue weighted by Gasteiger charge is 2.34. The molecular weight excluding hydrogens is 370 g/mol. The standard InChI is InChI=1S/C21H35N5OS/c1-15-11-13-25(14-12-15)20-22-23-21(26(20)18-9-10-18)28-16(2)19(27)24(3)17-7-5-4-6-8-17/h15-18H,4-14H2,1-3H3. The molecule has 1 unspecified atom stereocenters. The number of amides is 1. The summed E-state index contributed by atoms with van der Waals surface area (Å²) in [5.41, 5.74) is 0. The van der Waals surface area contributed by atoms with Crippen LogP contribution in [0.15, 0.2) is 5.16 Å². The van der Waals surface area contributed by atoms with Crippen LogP contribution < -0.4 is 4.90 Å². The van der Waals surface area contributed by atoms with Crippen LogP contribution in [0.4, 0.5) is 5.95 Å². The summed E-state index contributed by atoms with van der Waals surface area (Å²) in [5, 5.41) is 9.90. The maximum absolute atomic E-state index is 13.0. The number of hydrogen-bond donors (Lipinski definition) is 0. The number of anilines is 1. The van der Waals surface area contributed by atoms with E-state index in [1.807, 2.05) is 18.9 Å². The number of thioether (sulfide) groups is 1. The molecule has 0 aromatic carbocycles. The molecule has 1 atom stereocenters. The number of carbonyl (C=O) groups is 1. The lowest BCUT2D eigenvalue weighted by Crippen LogP contribution is -2.42. The molecule has 7 heteroatoms. The van der Waals surface area contributed by atoms with Gasteiger partial charge in [0.25, 0.3) is 0 Å². The van der Waals surface area contributed by atoms with Gasteiger partial charge in [-0.15, -0.1) is 10.2 Å². The number of aromatic nitrogens is 3. The summed E-state index contributed by atoms with van der Waals surface area (Å²) in [6.07, 6.45) is 11.0. The van der Waals surface area contributed by atoms with E-state index in [4.69, 9.17) is 0 Å². The third-order valence-electron chi connectivity index (χ3n) is 6.73. The Morgan fingerprint density at radius 3 is 2.39 bits per heavy atom. The third kappa shape index (κ3) is 4.34. The van der Waals surface area contributed by atoms with Crippen LogP contribution in [-0.2, 0) is 4.79 Å². The molecule has 1 saturated heterocycles. The van der Waals surface area contributed by atoms with Gasteiger partial charge in [-0.25, -0.2) is 0 Å². The zero-order valence-electron chi connectivity index (χ0n) is 17.6. The summed E-state index contributed by atoms with van der Waals surface area (Å²) < 4.78 is 2.32. The molecule has 1 amide bonds. The molecule has 1 aromatic heterocycles. The Kier molecular flexibility index (Phi) is 6.18. The summed E-state index contributed by atoms with van der Waals surface area (Å²) in [6, 6.07) is 0.932. The molecule has 4 rings (SSSR count). The third-order valence-corrected chi connectivity index (χ3v) is 7.77. The van der Waals surface area contributed by atoms with Crippen molar-refractivity contribution >= 4 is 23.6 Å². The van der Waals surface area contributed by atoms with Crippen molar-refractivity contribution in [1.82, 2.24) is 19.7 Å². The van der Waals surface area contributed by atoms with E-state index in [0.29, 0.717) is 12.1 Å². The van der Waals surface area contributed by atoms with Gasteiger partial charge in [-0.05, 0) is 51.4 Å². The number of rotatable bonds is 6. The Morgan fingerprint density at radius 1 is 1.07 bits per heavy atom. The van der Waals surface area contributed by atoms with Gasteiger partial charge in [-0.3, -0.25) is 9.36 Å². The van der Waals surface area contributed by atoms with Crippen LogP contribution in [-0.4, -0.2) is 57.0 Å². The topological polar surface area (TPSA) is 54.3 Å². The van der Waals surface area contributed by atoms with Crippen LogP contribution >= 0.6 is 11.8 Å². The summed E-state index contributed by atoms with van der Waals surface area (Å²) in [4.78, 5) is 17.4. The molecule has 3 aliphatic rings. The lowest BCUT2D eigenvalue weighted by atomic mass is 9.94. The minimum atomic E-state index is -0.122. The SMILES string of the molecule is CC1CCN(c2nnc(SC(C)C(=O)N(C)C3CCCCC3)n2C2CC2)CC1. The van der Waals surface area contributed by atoms with Gasteiger partial charge in [0.1, 0.15) is 0 Å². The van der Waals surface area contributed by atoms with Crippen LogP contribution in [0.1, 0.15) is 77.7 Å². The van der Waals surface area contributed by atoms with E-state index in [1.165, 1.54) is 44.9 Å². The number of hydrogen-bond acceptors (Lipinski definition) is 5. The Morgan fingerprint density at radius 2 is 1.75 bits per heavy atom. The number of carbonyl (C=O) groups excluding carboxylic acids is 1. The molecule has 6 nitrogen and oxygen atoms in total. The van der Waals surface area contributed by atoms with Crippen molar-refractivity contribution in [2.75, 3.05) is 25.0 Å². The molecule has 0 N–H and O–H groups in total. The first-order valence-corrected chi connectivity index (χ1v) is 12.1. The highest BCUT2D eigenvalue weighted by atomic mass is 32.2. The summed E-state index contributed by atoms with van der Waals surface area (Å²) in [6.45, 7) is 6.49. The summed E-state index contributed by atoms with van der Waals surface area (Å²) in [5.74, 6) is 2.06. The van der Waals surface area contributed by atoms with E-state index in [2.05, 4.69) is 26.6 Å². The van der Waals surface area contributed by atoms with Crippen LogP contribution in [0.5, 0.6) is 0 Å². The second-order valence-electron chi connectivity index (χ2n) is 9.05. The van der Waals surface area contributed by atoms with Crippen LogP contribution in [0.25, 0.3) is 0 Å². The predicted octanol–water partition coefficient (Wildman–Crippen LogP) is 4.12. The van der Waals surface area contributed by atoms with E-state index in [9.17, 15) is 4.79 Å². The van der Waals surface area contributed by atoms with Gasteiger partial charge in [0.15, 0.2) is 5.16 Å². The maximum atomic E-state index is 13.0. The number of nitrogens with zero attached hydrogens (tertiary/aromatic N) is 5. The molecule has 2 saturated carbocycles. The Labute approximate surface area is 173 Å². The Hall–Kier alpha value is -1.24. The van der Waals surface area contributed by atoms with E-state index < -0.39 is 0 Å². The molecular formula is C21H35N5OS. The molecule has 3 fully saturated rings. The molecule has 0 spiro atoms. The normalized spacial score (nSPS) is 23.0. The summed E-state index contributed by atoms with van der Waals surface area (Å²) >= 11 is 1.60. The second kappa shape index (κ2) is 8.64. The minimum Gasteiger partial charge on any atom is -0.342 e. The van der Waals surface area contributed by atoms with Crippen molar-refractivity contribution in [3.05, 3.63) is 0 Å². The van der Waals surface area contributed by atoms with E-state index in [1.54, 1.807) is 11.8 Å². The van der Waals surface area contributed by atoms with Crippen molar-refractivity contribution in [3.63, 3.8) is 0 Å². The average molecular weight is 406 g/mol. The Bertz CT molecular complexity index is 674. The first kappa shape index (κ1) is 20.0. The van der Waals surface area contributed by atoms with Gasteiger partial charge in [0.2, 0.25) is 11.9 Å². The Balaban J connectivity index is 1.44. The number of piperidine rings is 1. The van der Waals surface area contributed by atoms with Crippen molar-refractivity contribution in [2.45, 2.75) is 94.1 Å². The van der Waals surface area contributed by atoms with Crippen LogP contribution in [0.2, 0.25) is 0 Å². The van der Waals surface area contributed by atoms with Crippen molar-refractivity contribution in [1.29, 1.82) is 0 Å². The molecule has 156 valence electrons. The predicted molar refractivity (Wildman–Crippen MR) is 114 cm³/mol. The van der Waals surface area contributed by atoms with Gasteiger partial charge in [-0.1, -0.05) is 37.9 Å². The zero-order valence-corrected chi connectivity index (χ0v) is 18.5. The van der Waals surface area contributed by atoms with Gasteiger partial charge >= 0.3 is 0 Å². The van der Waals surface area contributed by atoms with E-state index >= 15 is 0 Å². The fourth-order valence-electron chi connectivity index (χ4n) is 4.57. The highest BCUT2D eigenvalue weighted by Crippen LogP contribution is 2.42. The lowest BCUT2D eigenvalue weighted by molar-refractivity contribution is -0.131. The van der Waals surface area contributed by atoms with Crippen molar-refractivity contribution in [3.8, 4) is 0 Å². The quantitative estimate of drug-likeness (QED) is 0.666. The van der Waals surface area contributed by atoms with Gasteiger partial charge in [0, 0.05) is 32.2 Å². The molecule has 2 heterocycles. The molecule has 1 aliphatic heterocycles. The fourth-order valence-corrected chi connectivity index (χ4v) is 5.59. The zero-order chi connectivity index (χ0) is 19.7. The first-order valence-electron chi connectivity index (χ1n) is 11.2. The van der Waals surface area contributed by atoms with E-state index in [0.717, 1.165) is 43.0 Å². The molecule has 0 bridgehead atoms.